The second-order valence-corrected chi connectivity index (χ2v) is 17.1. The number of hydrogen-bond donors (Lipinski definition) is 4. The van der Waals surface area contributed by atoms with Gasteiger partial charge in [0.2, 0.25) is 0 Å². The van der Waals surface area contributed by atoms with E-state index >= 15 is 8.78 Å². The quantitative estimate of drug-likeness (QED) is 0.0741. The summed E-state index contributed by atoms with van der Waals surface area (Å²) in [5, 5.41) is 47.3. The Kier molecular flexibility index (Phi) is 12.1. The van der Waals surface area contributed by atoms with Gasteiger partial charge in [-0.05, 0) is 105 Å². The van der Waals surface area contributed by atoms with Crippen LogP contribution in [0.25, 0.3) is 22.7 Å². The Balaban J connectivity index is 0.684. The number of nitrogens with zero attached hydrogens (tertiary/aromatic N) is 17. The number of rotatable bonds is 21. The van der Waals surface area contributed by atoms with Crippen molar-refractivity contribution >= 4 is 17.2 Å². The smallest absolute Gasteiger partial charge is 0.293 e. The topological polar surface area (TPSA) is 273 Å². The third-order valence-corrected chi connectivity index (χ3v) is 12.4. The fourth-order valence-electron chi connectivity index (χ4n) is 8.46. The summed E-state index contributed by atoms with van der Waals surface area (Å²) in [6.07, 6.45) is 15.5. The average molecular weight is 964 g/mol. The van der Waals surface area contributed by atoms with E-state index in [4.69, 9.17) is 20.0 Å². The van der Waals surface area contributed by atoms with Gasteiger partial charge in [0.15, 0.2) is 23.1 Å². The Hall–Kier alpha value is -8.94. The molecule has 2 aliphatic rings. The number of nitrogens with one attached hydrogen (secondary N) is 4. The molecule has 2 aromatic carbocycles. The minimum atomic E-state index is -0.668. The van der Waals surface area contributed by atoms with Gasteiger partial charge < -0.3 is 34.2 Å². The Morgan fingerprint density at radius 1 is 0.817 bits per heavy atom. The van der Waals surface area contributed by atoms with Crippen LogP contribution in [0.15, 0.2) is 103 Å². The third kappa shape index (κ3) is 9.59. The zero-order valence-corrected chi connectivity index (χ0v) is 37.8. The van der Waals surface area contributed by atoms with E-state index in [0.29, 0.717) is 35.2 Å². The summed E-state index contributed by atoms with van der Waals surface area (Å²) < 4.78 is 49.4. The zero-order chi connectivity index (χ0) is 48.4. The minimum absolute atomic E-state index is 0.0201. The highest BCUT2D eigenvalue weighted by atomic mass is 19.1. The molecule has 26 heteroatoms. The van der Waals surface area contributed by atoms with Gasteiger partial charge in [-0.25, -0.2) is 33.6 Å². The molecule has 2 saturated carbocycles. The molecule has 360 valence electrons. The number of ether oxygens (including phenoxy) is 2. The third-order valence-electron chi connectivity index (χ3n) is 12.4. The summed E-state index contributed by atoms with van der Waals surface area (Å²) in [6.45, 7) is 0.825. The molecule has 2 aliphatic carbocycles. The van der Waals surface area contributed by atoms with Crippen LogP contribution in [-0.2, 0) is 26.2 Å². The second-order valence-electron chi connectivity index (χ2n) is 17.1. The lowest BCUT2D eigenvalue weighted by molar-refractivity contribution is 0.0939. The van der Waals surface area contributed by atoms with Crippen LogP contribution in [0.1, 0.15) is 75.4 Å². The standard InChI is InChI=1S/C45H43F2N21O3/c1-70-38-8-6-36(66-24-52-59-62-66)34(42(38)46)16-50-14-30(56-48)13-49-15-31-20-65-19-28(5-11-40(65)54-31)33-12-29(33)23-71-39-9-7-37(67-25-53-60-63-67)35(43(39)47)17-51-45(69)44-57-61-68(58-44)22-32-21-64-18-27(26-2-3-26)4-10-41(64)55-32/h4-11,13,18-21,24-26,29,33,48-50H,2-3,12,14-17,22-23H2,1H3,(H,51,69)/b30-13-,56-48?. The summed E-state index contributed by atoms with van der Waals surface area (Å²) in [5.74, 6) is -1.03. The van der Waals surface area contributed by atoms with Crippen molar-refractivity contribution in [2.24, 2.45) is 11.0 Å². The molecule has 7 aromatic heterocycles. The van der Waals surface area contributed by atoms with Gasteiger partial charge >= 0.3 is 0 Å². The van der Waals surface area contributed by atoms with Crippen molar-refractivity contribution in [1.82, 2.24) is 95.3 Å². The molecule has 2 fully saturated rings. The lowest BCUT2D eigenvalue weighted by Gasteiger charge is -2.14. The Bertz CT molecular complexity index is 3420. The monoisotopic (exact) mass is 963 g/mol. The van der Waals surface area contributed by atoms with E-state index in [-0.39, 0.29) is 73.1 Å². The van der Waals surface area contributed by atoms with Gasteiger partial charge in [0.25, 0.3) is 11.7 Å². The fourth-order valence-corrected chi connectivity index (χ4v) is 8.46. The van der Waals surface area contributed by atoms with Gasteiger partial charge in [0.1, 0.15) is 30.5 Å². The molecular weight excluding hydrogens is 921 g/mol. The van der Waals surface area contributed by atoms with Gasteiger partial charge in [-0.2, -0.15) is 9.91 Å². The van der Waals surface area contributed by atoms with E-state index in [2.05, 4.69) is 84.8 Å². The molecule has 0 saturated heterocycles. The summed E-state index contributed by atoms with van der Waals surface area (Å²) in [6, 6.07) is 14.4. The zero-order valence-electron chi connectivity index (χ0n) is 37.8. The van der Waals surface area contributed by atoms with Gasteiger partial charge in [-0.3, -0.25) is 4.79 Å². The number of benzene rings is 2. The van der Waals surface area contributed by atoms with Crippen LogP contribution in [-0.4, -0.2) is 106 Å². The highest BCUT2D eigenvalue weighted by molar-refractivity contribution is 5.90. The predicted molar refractivity (Wildman–Crippen MR) is 243 cm³/mol. The van der Waals surface area contributed by atoms with Crippen molar-refractivity contribution in [1.29, 1.82) is 5.53 Å². The first-order valence-corrected chi connectivity index (χ1v) is 22.6. The molecule has 9 aromatic rings. The summed E-state index contributed by atoms with van der Waals surface area (Å²) in [5.41, 5.74) is 14.6. The maximum atomic E-state index is 16.3. The van der Waals surface area contributed by atoms with Crippen molar-refractivity contribution in [3.63, 3.8) is 0 Å². The highest BCUT2D eigenvalue weighted by Gasteiger charge is 2.39. The number of methoxy groups -OCH3 is 1. The van der Waals surface area contributed by atoms with Gasteiger partial charge in [0.05, 0.1) is 48.7 Å². The first-order chi connectivity index (χ1) is 34.8. The molecule has 2 unspecified atom stereocenters. The number of halogens is 2. The van der Waals surface area contributed by atoms with Crippen molar-refractivity contribution in [3.8, 4) is 22.9 Å². The first-order valence-electron chi connectivity index (χ1n) is 22.6. The molecule has 0 bridgehead atoms. The summed E-state index contributed by atoms with van der Waals surface area (Å²) in [4.78, 5) is 23.9. The maximum absolute atomic E-state index is 16.3. The molecule has 1 amide bonds. The van der Waals surface area contributed by atoms with Crippen LogP contribution in [0, 0.1) is 23.1 Å². The first kappa shape index (κ1) is 44.6. The lowest BCUT2D eigenvalue weighted by Crippen LogP contribution is -2.26. The van der Waals surface area contributed by atoms with Gasteiger partial charge in [-0.1, -0.05) is 12.1 Å². The number of carbonyl (C=O) groups excluding carboxylic acids is 1. The van der Waals surface area contributed by atoms with Crippen LogP contribution < -0.4 is 25.4 Å². The van der Waals surface area contributed by atoms with Crippen LogP contribution >= 0.6 is 0 Å². The largest absolute Gasteiger partial charge is 0.494 e. The Labute approximate surface area is 400 Å². The van der Waals surface area contributed by atoms with Crippen LogP contribution in [0.4, 0.5) is 8.78 Å². The van der Waals surface area contributed by atoms with Crippen molar-refractivity contribution in [2.75, 3.05) is 20.3 Å². The van der Waals surface area contributed by atoms with E-state index in [0.717, 1.165) is 29.0 Å². The number of amides is 1. The van der Waals surface area contributed by atoms with Gasteiger partial charge in [-0.15, -0.1) is 20.4 Å². The number of aromatic nitrogens is 16. The molecule has 24 nitrogen and oxygen atoms in total. The lowest BCUT2D eigenvalue weighted by atomic mass is 10.1. The van der Waals surface area contributed by atoms with Crippen molar-refractivity contribution in [3.05, 3.63) is 149 Å². The highest BCUT2D eigenvalue weighted by Crippen LogP contribution is 2.48. The number of carbonyl (C=O) groups is 1. The van der Waals surface area contributed by atoms with Crippen LogP contribution in [0.2, 0.25) is 0 Å². The van der Waals surface area contributed by atoms with E-state index in [1.54, 1.807) is 18.3 Å². The minimum Gasteiger partial charge on any atom is -0.494 e. The number of imidazole rings is 2. The average Bonchev–Trinajstić information content (AvgIpc) is 3.86. The SMILES string of the molecule is COc1ccc(-n2cnnn2)c(CNC/C(=C/NCc2cn3cc(C4CC4COc4ccc(-n5cnnn5)c(CNC(=O)c5nnn(Cc6cn7cc(C8CC8)ccc7n6)n5)c4F)ccc3n2)N=N)c1F. The maximum Gasteiger partial charge on any atom is 0.293 e. The Morgan fingerprint density at radius 3 is 2.20 bits per heavy atom. The molecule has 0 radical (unpaired) electrons. The molecular formula is C45H43F2N21O3. The normalized spacial score (nSPS) is 15.6. The number of fused-ring (bicyclic) bond motifs is 2. The summed E-state index contributed by atoms with van der Waals surface area (Å²) in [7, 11) is 1.39. The Morgan fingerprint density at radius 2 is 1.49 bits per heavy atom. The van der Waals surface area contributed by atoms with E-state index in [9.17, 15) is 4.79 Å². The number of tetrazole rings is 3. The van der Waals surface area contributed by atoms with Crippen LogP contribution in [0.5, 0.6) is 11.5 Å². The fraction of sp³-hybridized carbons (Fsp3) is 0.289. The molecule has 0 spiro atoms. The predicted octanol–water partition coefficient (Wildman–Crippen LogP) is 4.00. The molecule has 71 heavy (non-hydrogen) atoms. The molecule has 0 aliphatic heterocycles. The van der Waals surface area contributed by atoms with E-state index in [1.807, 2.05) is 45.6 Å². The number of pyridine rings is 2. The second kappa shape index (κ2) is 19.2. The number of hydrogen-bond acceptors (Lipinski definition) is 18. The van der Waals surface area contributed by atoms with Gasteiger partial charge in [0, 0.05) is 67.7 Å². The molecule has 11 rings (SSSR count). The molecule has 7 heterocycles. The van der Waals surface area contributed by atoms with E-state index < -0.39 is 17.5 Å². The van der Waals surface area contributed by atoms with E-state index in [1.165, 1.54) is 64.5 Å². The van der Waals surface area contributed by atoms with Crippen molar-refractivity contribution < 1.29 is 23.0 Å². The molecule has 2 atom stereocenters. The van der Waals surface area contributed by atoms with Crippen molar-refractivity contribution in [2.45, 2.75) is 57.3 Å². The van der Waals surface area contributed by atoms with Crippen LogP contribution in [0.3, 0.4) is 0 Å². The molecule has 4 N–H and O–H groups in total. The summed E-state index contributed by atoms with van der Waals surface area (Å²) >= 11 is 0.